The van der Waals surface area contributed by atoms with E-state index in [2.05, 4.69) is 0 Å². The summed E-state index contributed by atoms with van der Waals surface area (Å²) in [6.07, 6.45) is 0. The number of aromatic carboxylic acids is 2. The summed E-state index contributed by atoms with van der Waals surface area (Å²) in [6.45, 7) is 0. The van der Waals surface area contributed by atoms with Crippen LogP contribution in [0.3, 0.4) is 0 Å². The molecule has 0 spiro atoms. The molecular formula is C14H12N2O4. The van der Waals surface area contributed by atoms with Crippen molar-refractivity contribution >= 4 is 23.3 Å². The molecule has 0 saturated carbocycles. The van der Waals surface area contributed by atoms with E-state index < -0.39 is 11.9 Å². The highest BCUT2D eigenvalue weighted by Crippen LogP contribution is 2.32. The molecule has 0 fully saturated rings. The van der Waals surface area contributed by atoms with Crippen LogP contribution < -0.4 is 11.5 Å². The maximum atomic E-state index is 11.4. The SMILES string of the molecule is Nc1ccc(N)c(-c2cccc(C(=O)O)c2C(=O)O)c1. The lowest BCUT2D eigenvalue weighted by molar-refractivity contribution is 0.0652. The molecule has 0 atom stereocenters. The third-order valence-corrected chi connectivity index (χ3v) is 2.88. The van der Waals surface area contributed by atoms with E-state index in [1.54, 1.807) is 12.1 Å². The summed E-state index contributed by atoms with van der Waals surface area (Å²) in [6, 6.07) is 8.85. The largest absolute Gasteiger partial charge is 0.478 e. The van der Waals surface area contributed by atoms with Crippen molar-refractivity contribution in [3.05, 3.63) is 47.5 Å². The second-order valence-corrected chi connectivity index (χ2v) is 4.19. The normalized spacial score (nSPS) is 10.2. The van der Waals surface area contributed by atoms with Gasteiger partial charge < -0.3 is 21.7 Å². The number of nitrogens with two attached hydrogens (primary N) is 2. The number of carboxylic acids is 2. The number of hydrogen-bond donors (Lipinski definition) is 4. The van der Waals surface area contributed by atoms with Crippen LogP contribution >= 0.6 is 0 Å². The van der Waals surface area contributed by atoms with E-state index in [1.807, 2.05) is 0 Å². The molecule has 0 aliphatic rings. The minimum atomic E-state index is -1.33. The van der Waals surface area contributed by atoms with E-state index in [0.29, 0.717) is 16.9 Å². The summed E-state index contributed by atoms with van der Waals surface area (Å²) in [4.78, 5) is 22.5. The van der Waals surface area contributed by atoms with Gasteiger partial charge in [0.25, 0.3) is 0 Å². The Morgan fingerprint density at radius 3 is 2.20 bits per heavy atom. The summed E-state index contributed by atoms with van der Waals surface area (Å²) in [7, 11) is 0. The molecule has 0 amide bonds. The summed E-state index contributed by atoms with van der Waals surface area (Å²) < 4.78 is 0. The van der Waals surface area contributed by atoms with Gasteiger partial charge in [-0.2, -0.15) is 0 Å². The minimum Gasteiger partial charge on any atom is -0.478 e. The van der Waals surface area contributed by atoms with Gasteiger partial charge >= 0.3 is 11.9 Å². The van der Waals surface area contributed by atoms with Crippen LogP contribution in [0.4, 0.5) is 11.4 Å². The fourth-order valence-corrected chi connectivity index (χ4v) is 1.99. The average Bonchev–Trinajstić information content (AvgIpc) is 2.40. The van der Waals surface area contributed by atoms with Gasteiger partial charge in [0.05, 0.1) is 11.1 Å². The number of nitrogen functional groups attached to an aromatic ring is 2. The van der Waals surface area contributed by atoms with Gasteiger partial charge in [-0.1, -0.05) is 12.1 Å². The summed E-state index contributed by atoms with van der Waals surface area (Å²) in [5.74, 6) is -2.65. The van der Waals surface area contributed by atoms with Gasteiger partial charge in [-0.25, -0.2) is 9.59 Å². The number of carbonyl (C=O) groups is 2. The molecule has 2 rings (SSSR count). The van der Waals surface area contributed by atoms with Crippen molar-refractivity contribution in [1.82, 2.24) is 0 Å². The van der Waals surface area contributed by atoms with Crippen LogP contribution in [-0.2, 0) is 0 Å². The first kappa shape index (κ1) is 13.4. The Labute approximate surface area is 114 Å². The molecule has 2 aromatic carbocycles. The van der Waals surface area contributed by atoms with Crippen molar-refractivity contribution in [3.63, 3.8) is 0 Å². The first-order valence-electron chi connectivity index (χ1n) is 5.66. The molecule has 102 valence electrons. The van der Waals surface area contributed by atoms with Crippen LogP contribution in [0, 0.1) is 0 Å². The number of anilines is 2. The first-order valence-corrected chi connectivity index (χ1v) is 5.66. The fraction of sp³-hybridized carbons (Fsp3) is 0. The van der Waals surface area contributed by atoms with E-state index in [9.17, 15) is 14.7 Å². The van der Waals surface area contributed by atoms with E-state index in [-0.39, 0.29) is 16.7 Å². The molecule has 0 aromatic heterocycles. The predicted molar refractivity (Wildman–Crippen MR) is 74.6 cm³/mol. The molecule has 6 heteroatoms. The van der Waals surface area contributed by atoms with Crippen molar-refractivity contribution in [2.75, 3.05) is 11.5 Å². The number of benzene rings is 2. The van der Waals surface area contributed by atoms with Gasteiger partial charge in [0.15, 0.2) is 0 Å². The molecule has 6 nitrogen and oxygen atoms in total. The molecule has 0 saturated heterocycles. The molecule has 0 bridgehead atoms. The zero-order chi connectivity index (χ0) is 14.9. The summed E-state index contributed by atoms with van der Waals surface area (Å²) >= 11 is 0. The van der Waals surface area contributed by atoms with Gasteiger partial charge in [-0.15, -0.1) is 0 Å². The van der Waals surface area contributed by atoms with Gasteiger partial charge in [-0.05, 0) is 29.8 Å². The van der Waals surface area contributed by atoms with Crippen LogP contribution in [0.15, 0.2) is 36.4 Å². The summed E-state index contributed by atoms with van der Waals surface area (Å²) in [5.41, 5.74) is 12.2. The highest BCUT2D eigenvalue weighted by molar-refractivity contribution is 6.07. The van der Waals surface area contributed by atoms with Crippen molar-refractivity contribution in [2.24, 2.45) is 0 Å². The monoisotopic (exact) mass is 272 g/mol. The number of carboxylic acid groups (broad SMARTS) is 2. The maximum absolute atomic E-state index is 11.4. The van der Waals surface area contributed by atoms with Gasteiger partial charge in [0.1, 0.15) is 0 Å². The van der Waals surface area contributed by atoms with Crippen LogP contribution in [0.5, 0.6) is 0 Å². The highest BCUT2D eigenvalue weighted by atomic mass is 16.4. The number of hydrogen-bond acceptors (Lipinski definition) is 4. The molecular weight excluding hydrogens is 260 g/mol. The second-order valence-electron chi connectivity index (χ2n) is 4.19. The van der Waals surface area contributed by atoms with Gasteiger partial charge in [-0.3, -0.25) is 0 Å². The minimum absolute atomic E-state index is 0.224. The predicted octanol–water partition coefficient (Wildman–Crippen LogP) is 1.91. The van der Waals surface area contributed by atoms with E-state index in [4.69, 9.17) is 16.6 Å². The Kier molecular flexibility index (Phi) is 3.30. The van der Waals surface area contributed by atoms with Crippen LogP contribution in [0.1, 0.15) is 20.7 Å². The molecule has 0 heterocycles. The van der Waals surface area contributed by atoms with Crippen molar-refractivity contribution < 1.29 is 19.8 Å². The van der Waals surface area contributed by atoms with E-state index in [1.165, 1.54) is 24.3 Å². The Morgan fingerprint density at radius 1 is 0.900 bits per heavy atom. The van der Waals surface area contributed by atoms with E-state index in [0.717, 1.165) is 0 Å². The van der Waals surface area contributed by atoms with Crippen molar-refractivity contribution in [3.8, 4) is 11.1 Å². The van der Waals surface area contributed by atoms with Crippen LogP contribution in [0.2, 0.25) is 0 Å². The van der Waals surface area contributed by atoms with Gasteiger partial charge in [0.2, 0.25) is 0 Å². The molecule has 0 aliphatic carbocycles. The lowest BCUT2D eigenvalue weighted by Gasteiger charge is -2.12. The summed E-state index contributed by atoms with van der Waals surface area (Å²) in [5, 5.41) is 18.4. The zero-order valence-electron chi connectivity index (χ0n) is 10.3. The van der Waals surface area contributed by atoms with Crippen LogP contribution in [0.25, 0.3) is 11.1 Å². The standard InChI is InChI=1S/C14H12N2O4/c15-7-4-5-11(16)10(6-7)8-2-1-3-9(13(17)18)12(8)14(19)20/h1-6H,15-16H2,(H,17,18)(H,19,20). The second kappa shape index (κ2) is 4.93. The first-order chi connectivity index (χ1) is 9.41. The quantitative estimate of drug-likeness (QED) is 0.632. The Balaban J connectivity index is 2.80. The topological polar surface area (TPSA) is 127 Å². The molecule has 2 aromatic rings. The molecule has 6 N–H and O–H groups in total. The Morgan fingerprint density at radius 2 is 1.60 bits per heavy atom. The lowest BCUT2D eigenvalue weighted by Crippen LogP contribution is -2.10. The molecule has 0 aliphatic heterocycles. The highest BCUT2D eigenvalue weighted by Gasteiger charge is 2.21. The maximum Gasteiger partial charge on any atom is 0.337 e. The van der Waals surface area contributed by atoms with Gasteiger partial charge in [0, 0.05) is 16.9 Å². The third kappa shape index (κ3) is 2.26. The Bertz CT molecular complexity index is 710. The van der Waals surface area contributed by atoms with Crippen molar-refractivity contribution in [1.29, 1.82) is 0 Å². The van der Waals surface area contributed by atoms with Crippen LogP contribution in [-0.4, -0.2) is 22.2 Å². The molecule has 0 unspecified atom stereocenters. The zero-order valence-corrected chi connectivity index (χ0v) is 10.3. The average molecular weight is 272 g/mol. The Hall–Kier alpha value is -3.02. The fourth-order valence-electron chi connectivity index (χ4n) is 1.99. The number of rotatable bonds is 3. The third-order valence-electron chi connectivity index (χ3n) is 2.88. The molecule has 20 heavy (non-hydrogen) atoms. The smallest absolute Gasteiger partial charge is 0.337 e. The lowest BCUT2D eigenvalue weighted by atomic mass is 9.94. The van der Waals surface area contributed by atoms with Crippen molar-refractivity contribution in [2.45, 2.75) is 0 Å². The van der Waals surface area contributed by atoms with E-state index >= 15 is 0 Å². The molecule has 0 radical (unpaired) electrons.